The molecule has 0 saturated heterocycles. The normalized spacial score (nSPS) is 11.7. The lowest BCUT2D eigenvalue weighted by molar-refractivity contribution is 0.318. The van der Waals surface area contributed by atoms with Crippen molar-refractivity contribution >= 4 is 21.8 Å². The molecule has 0 radical (unpaired) electrons. The highest BCUT2D eigenvalue weighted by Gasteiger charge is 2.07. The van der Waals surface area contributed by atoms with Crippen LogP contribution >= 0.6 is 15.9 Å². The molecule has 2 heterocycles. The average Bonchev–Trinajstić information content (AvgIpc) is 2.78. The largest absolute Gasteiger partial charge is 0.409 e. The Morgan fingerprint density at radius 2 is 2.25 bits per heavy atom. The first-order valence-electron chi connectivity index (χ1n) is 4.49. The van der Waals surface area contributed by atoms with E-state index in [9.17, 15) is 0 Å². The van der Waals surface area contributed by atoms with Crippen molar-refractivity contribution in [1.29, 1.82) is 0 Å². The molecule has 5 nitrogen and oxygen atoms in total. The molecule has 2 aromatic rings. The third-order valence-electron chi connectivity index (χ3n) is 2.08. The van der Waals surface area contributed by atoms with Gasteiger partial charge in [-0.05, 0) is 40.2 Å². The van der Waals surface area contributed by atoms with Gasteiger partial charge in [-0.2, -0.15) is 0 Å². The molecule has 2 aromatic heterocycles. The minimum atomic E-state index is 0.0507. The zero-order chi connectivity index (χ0) is 11.5. The number of aromatic nitrogens is 2. The fourth-order valence-electron chi connectivity index (χ4n) is 1.35. The van der Waals surface area contributed by atoms with Crippen molar-refractivity contribution in [2.45, 2.75) is 0 Å². The molecule has 0 fully saturated rings. The van der Waals surface area contributed by atoms with Crippen LogP contribution in [0.25, 0.3) is 5.82 Å². The van der Waals surface area contributed by atoms with E-state index in [-0.39, 0.29) is 5.84 Å². The van der Waals surface area contributed by atoms with Crippen LogP contribution in [-0.4, -0.2) is 20.6 Å². The van der Waals surface area contributed by atoms with Crippen molar-refractivity contribution in [3.8, 4) is 5.82 Å². The molecule has 16 heavy (non-hydrogen) atoms. The maximum atomic E-state index is 8.64. The zero-order valence-corrected chi connectivity index (χ0v) is 9.79. The lowest BCUT2D eigenvalue weighted by Gasteiger charge is -2.06. The Morgan fingerprint density at radius 3 is 2.88 bits per heavy atom. The highest BCUT2D eigenvalue weighted by atomic mass is 79.9. The third-order valence-corrected chi connectivity index (χ3v) is 2.55. The molecule has 3 N–H and O–H groups in total. The van der Waals surface area contributed by atoms with Gasteiger partial charge in [-0.1, -0.05) is 5.16 Å². The summed E-state index contributed by atoms with van der Waals surface area (Å²) < 4.78 is 2.63. The summed E-state index contributed by atoms with van der Waals surface area (Å²) in [5, 5.41) is 11.6. The van der Waals surface area contributed by atoms with Crippen LogP contribution < -0.4 is 5.73 Å². The zero-order valence-electron chi connectivity index (χ0n) is 8.21. The number of nitrogens with zero attached hydrogens (tertiary/aromatic N) is 3. The van der Waals surface area contributed by atoms with Crippen molar-refractivity contribution in [3.05, 3.63) is 46.8 Å². The average molecular weight is 281 g/mol. The Balaban J connectivity index is 2.49. The first-order chi connectivity index (χ1) is 7.72. The standard InChI is InChI=1S/C10H9BrN4O/c11-7-3-4-9(13-6-7)15-5-1-2-8(15)10(12)14-16/h1-6,16H,(H2,12,14). The molecule has 0 saturated carbocycles. The summed E-state index contributed by atoms with van der Waals surface area (Å²) in [5.74, 6) is 0.754. The number of hydrogen-bond donors (Lipinski definition) is 2. The van der Waals surface area contributed by atoms with E-state index >= 15 is 0 Å². The van der Waals surface area contributed by atoms with Gasteiger partial charge in [0, 0.05) is 16.9 Å². The Kier molecular flexibility index (Phi) is 2.91. The van der Waals surface area contributed by atoms with E-state index in [1.54, 1.807) is 29.1 Å². The van der Waals surface area contributed by atoms with Crippen molar-refractivity contribution in [3.63, 3.8) is 0 Å². The van der Waals surface area contributed by atoms with Gasteiger partial charge in [0.1, 0.15) is 5.82 Å². The monoisotopic (exact) mass is 280 g/mol. The highest BCUT2D eigenvalue weighted by Crippen LogP contribution is 2.13. The molecule has 2 rings (SSSR count). The van der Waals surface area contributed by atoms with E-state index in [2.05, 4.69) is 26.1 Å². The molecular formula is C10H9BrN4O. The Labute approximate surface area is 100 Å². The molecular weight excluding hydrogens is 272 g/mol. The maximum absolute atomic E-state index is 8.64. The predicted molar refractivity (Wildman–Crippen MR) is 63.8 cm³/mol. The number of nitrogens with two attached hydrogens (primary N) is 1. The molecule has 0 spiro atoms. The van der Waals surface area contributed by atoms with Crippen LogP contribution in [0.15, 0.2) is 46.3 Å². The molecule has 0 aliphatic heterocycles. The second-order valence-corrected chi connectivity index (χ2v) is 4.00. The molecule has 0 aromatic carbocycles. The fourth-order valence-corrected chi connectivity index (χ4v) is 1.59. The van der Waals surface area contributed by atoms with Gasteiger partial charge in [0.05, 0.1) is 5.69 Å². The second kappa shape index (κ2) is 4.36. The van der Waals surface area contributed by atoms with E-state index in [0.717, 1.165) is 4.47 Å². The molecule has 0 bridgehead atoms. The lowest BCUT2D eigenvalue weighted by atomic mass is 10.4. The number of oxime groups is 1. The van der Waals surface area contributed by atoms with Crippen LogP contribution in [0.5, 0.6) is 0 Å². The second-order valence-electron chi connectivity index (χ2n) is 3.08. The minimum absolute atomic E-state index is 0.0507. The lowest BCUT2D eigenvalue weighted by Crippen LogP contribution is -2.17. The smallest absolute Gasteiger partial charge is 0.187 e. The van der Waals surface area contributed by atoms with Gasteiger partial charge in [0.15, 0.2) is 5.84 Å². The van der Waals surface area contributed by atoms with Crippen LogP contribution in [0.1, 0.15) is 5.69 Å². The molecule has 0 amide bonds. The summed E-state index contributed by atoms with van der Waals surface area (Å²) in [7, 11) is 0. The van der Waals surface area contributed by atoms with E-state index in [0.29, 0.717) is 11.5 Å². The number of amidine groups is 1. The van der Waals surface area contributed by atoms with Crippen molar-refractivity contribution in [1.82, 2.24) is 9.55 Å². The first-order valence-corrected chi connectivity index (χ1v) is 5.29. The van der Waals surface area contributed by atoms with E-state index in [1.165, 1.54) is 0 Å². The Bertz CT molecular complexity index is 518. The summed E-state index contributed by atoms with van der Waals surface area (Å²) in [4.78, 5) is 4.22. The van der Waals surface area contributed by atoms with E-state index in [4.69, 9.17) is 10.9 Å². The van der Waals surface area contributed by atoms with Gasteiger partial charge in [0.2, 0.25) is 0 Å². The topological polar surface area (TPSA) is 76.4 Å². The third kappa shape index (κ3) is 1.92. The molecule has 0 atom stereocenters. The SMILES string of the molecule is N/C(=N/O)c1cccn1-c1ccc(Br)cn1. The van der Waals surface area contributed by atoms with Gasteiger partial charge in [-0.15, -0.1) is 0 Å². The summed E-state index contributed by atoms with van der Waals surface area (Å²) >= 11 is 3.31. The Hall–Kier alpha value is -1.82. The van der Waals surface area contributed by atoms with Gasteiger partial charge in [0.25, 0.3) is 0 Å². The predicted octanol–water partition coefficient (Wildman–Crippen LogP) is 1.73. The number of hydrogen-bond acceptors (Lipinski definition) is 3. The number of rotatable bonds is 2. The summed E-state index contributed by atoms with van der Waals surface area (Å²) in [6, 6.07) is 7.26. The molecule has 0 unspecified atom stereocenters. The quantitative estimate of drug-likeness (QED) is 0.381. The number of halogens is 1. The molecule has 0 aliphatic carbocycles. The van der Waals surface area contributed by atoms with Gasteiger partial charge >= 0.3 is 0 Å². The highest BCUT2D eigenvalue weighted by molar-refractivity contribution is 9.10. The van der Waals surface area contributed by atoms with Crippen molar-refractivity contribution in [2.75, 3.05) is 0 Å². The van der Waals surface area contributed by atoms with Gasteiger partial charge in [-0.25, -0.2) is 4.98 Å². The van der Waals surface area contributed by atoms with Crippen molar-refractivity contribution in [2.24, 2.45) is 10.9 Å². The summed E-state index contributed by atoms with van der Waals surface area (Å²) in [6.07, 6.45) is 3.48. The van der Waals surface area contributed by atoms with E-state index in [1.807, 2.05) is 12.1 Å². The van der Waals surface area contributed by atoms with Gasteiger partial charge < -0.3 is 10.9 Å². The number of pyridine rings is 1. The maximum Gasteiger partial charge on any atom is 0.187 e. The van der Waals surface area contributed by atoms with Crippen molar-refractivity contribution < 1.29 is 5.21 Å². The first kappa shape index (κ1) is 10.7. The molecule has 0 aliphatic rings. The van der Waals surface area contributed by atoms with E-state index < -0.39 is 0 Å². The van der Waals surface area contributed by atoms with Crippen LogP contribution in [0.4, 0.5) is 0 Å². The minimum Gasteiger partial charge on any atom is -0.409 e. The van der Waals surface area contributed by atoms with Gasteiger partial charge in [-0.3, -0.25) is 4.57 Å². The molecule has 82 valence electrons. The fraction of sp³-hybridized carbons (Fsp3) is 0. The summed E-state index contributed by atoms with van der Waals surface area (Å²) in [5.41, 5.74) is 6.14. The van der Waals surface area contributed by atoms with Crippen LogP contribution in [0, 0.1) is 0 Å². The Morgan fingerprint density at radius 1 is 1.44 bits per heavy atom. The summed E-state index contributed by atoms with van der Waals surface area (Å²) in [6.45, 7) is 0. The van der Waals surface area contributed by atoms with Crippen LogP contribution in [-0.2, 0) is 0 Å². The van der Waals surface area contributed by atoms with Crippen LogP contribution in [0.3, 0.4) is 0 Å². The molecule has 6 heteroatoms. The van der Waals surface area contributed by atoms with Crippen LogP contribution in [0.2, 0.25) is 0 Å².